The third-order valence-corrected chi connectivity index (χ3v) is 4.14. The van der Waals surface area contributed by atoms with E-state index >= 15 is 0 Å². The van der Waals surface area contributed by atoms with Gasteiger partial charge in [-0.2, -0.15) is 0 Å². The van der Waals surface area contributed by atoms with Crippen molar-refractivity contribution in [2.45, 2.75) is 19.8 Å². The van der Waals surface area contributed by atoms with Gasteiger partial charge in [-0.05, 0) is 49.2 Å². The van der Waals surface area contributed by atoms with Crippen molar-refractivity contribution in [1.29, 1.82) is 0 Å². The first kappa shape index (κ1) is 20.5. The van der Waals surface area contributed by atoms with Crippen molar-refractivity contribution in [3.8, 4) is 5.75 Å². The highest BCUT2D eigenvalue weighted by Gasteiger charge is 2.14. The Hall–Kier alpha value is -2.80. The Kier molecular flexibility index (Phi) is 7.43. The largest absolute Gasteiger partial charge is 0.494 e. The summed E-state index contributed by atoms with van der Waals surface area (Å²) in [5, 5.41) is 2.83. The molecule has 0 saturated carbocycles. The van der Waals surface area contributed by atoms with Gasteiger partial charge in [0.05, 0.1) is 6.61 Å². The van der Waals surface area contributed by atoms with E-state index in [1.54, 1.807) is 42.1 Å². The van der Waals surface area contributed by atoms with E-state index in [2.05, 4.69) is 5.32 Å². The van der Waals surface area contributed by atoms with Gasteiger partial charge in [0.25, 0.3) is 11.8 Å². The Morgan fingerprint density at radius 2 is 2.00 bits per heavy atom. The summed E-state index contributed by atoms with van der Waals surface area (Å²) in [6.07, 6.45) is 2.23. The van der Waals surface area contributed by atoms with Crippen LogP contribution in [0.5, 0.6) is 5.75 Å². The monoisotopic (exact) mass is 392 g/mol. The van der Waals surface area contributed by atoms with Gasteiger partial charge in [-0.25, -0.2) is 0 Å². The van der Waals surface area contributed by atoms with Crippen molar-refractivity contribution in [2.75, 3.05) is 13.2 Å². The molecule has 0 bridgehead atoms. The van der Waals surface area contributed by atoms with Gasteiger partial charge in [0, 0.05) is 24.7 Å². The van der Waals surface area contributed by atoms with Crippen molar-refractivity contribution >= 4 is 29.4 Å². The minimum atomic E-state index is -0.678. The number of rotatable bonds is 8. The van der Waals surface area contributed by atoms with Gasteiger partial charge in [0.15, 0.2) is 6.61 Å². The number of nitrogens with zero attached hydrogens (tertiary/aromatic N) is 1. The quantitative estimate of drug-likeness (QED) is 0.551. The fourth-order valence-corrected chi connectivity index (χ4v) is 2.37. The number of imide groups is 1. The molecule has 2 rings (SSSR count). The van der Waals surface area contributed by atoms with Gasteiger partial charge >= 0.3 is 5.97 Å². The third kappa shape index (κ3) is 6.45. The number of carbonyl (C=O) groups excluding carboxylic acids is 3. The molecule has 0 aliphatic carbocycles. The fourth-order valence-electron chi connectivity index (χ4n) is 2.26. The predicted molar refractivity (Wildman–Crippen MR) is 99.8 cm³/mol. The van der Waals surface area contributed by atoms with Crippen molar-refractivity contribution in [3.63, 3.8) is 0 Å². The summed E-state index contributed by atoms with van der Waals surface area (Å²) < 4.78 is 12.0. The number of benzene rings is 1. The molecule has 0 spiro atoms. The molecule has 27 heavy (non-hydrogen) atoms. The van der Waals surface area contributed by atoms with E-state index in [0.717, 1.165) is 5.56 Å². The molecule has 2 aromatic rings. The lowest BCUT2D eigenvalue weighted by molar-refractivity contribution is -0.148. The summed E-state index contributed by atoms with van der Waals surface area (Å²) in [4.78, 5) is 35.2. The molecule has 0 aliphatic heterocycles. The molecule has 0 aliphatic rings. The second kappa shape index (κ2) is 9.78. The summed E-state index contributed by atoms with van der Waals surface area (Å²) >= 11 is 5.94. The minimum absolute atomic E-state index is 0.103. The lowest BCUT2D eigenvalue weighted by Crippen LogP contribution is -2.35. The third-order valence-electron chi connectivity index (χ3n) is 3.72. The SMILES string of the molecule is Cc1cc(OCCCC(=O)OCC(=O)NC(=O)c2cccn2C)ccc1Cl. The maximum absolute atomic E-state index is 11.9. The Morgan fingerprint density at radius 1 is 1.22 bits per heavy atom. The molecule has 8 heteroatoms. The minimum Gasteiger partial charge on any atom is -0.494 e. The smallest absolute Gasteiger partial charge is 0.306 e. The van der Waals surface area contributed by atoms with E-state index in [-0.39, 0.29) is 6.42 Å². The Balaban J connectivity index is 1.62. The van der Waals surface area contributed by atoms with Crippen LogP contribution in [-0.2, 0) is 21.4 Å². The number of amides is 2. The second-order valence-electron chi connectivity index (χ2n) is 5.91. The first-order valence-corrected chi connectivity index (χ1v) is 8.74. The fraction of sp³-hybridized carbons (Fsp3) is 0.316. The molecule has 0 radical (unpaired) electrons. The van der Waals surface area contributed by atoms with Crippen LogP contribution in [0.4, 0.5) is 0 Å². The average Bonchev–Trinajstić information content (AvgIpc) is 3.06. The molecule has 1 aromatic carbocycles. The lowest BCUT2D eigenvalue weighted by atomic mass is 10.2. The van der Waals surface area contributed by atoms with Gasteiger partial charge in [0.2, 0.25) is 0 Å². The molecule has 0 atom stereocenters. The maximum Gasteiger partial charge on any atom is 0.306 e. The number of nitrogens with one attached hydrogen (secondary N) is 1. The number of aryl methyl sites for hydroxylation is 2. The number of carbonyl (C=O) groups is 3. The number of aromatic nitrogens is 1. The molecule has 0 unspecified atom stereocenters. The summed E-state index contributed by atoms with van der Waals surface area (Å²) in [5.41, 5.74) is 1.24. The molecule has 0 saturated heterocycles. The summed E-state index contributed by atoms with van der Waals surface area (Å²) in [7, 11) is 1.69. The number of esters is 1. The van der Waals surface area contributed by atoms with E-state index < -0.39 is 24.4 Å². The highest BCUT2D eigenvalue weighted by Crippen LogP contribution is 2.21. The van der Waals surface area contributed by atoms with Crippen molar-refractivity contribution < 1.29 is 23.9 Å². The van der Waals surface area contributed by atoms with Crippen LogP contribution in [0.25, 0.3) is 0 Å². The molecule has 1 heterocycles. The number of hydrogen-bond acceptors (Lipinski definition) is 5. The van der Waals surface area contributed by atoms with Crippen LogP contribution in [0.15, 0.2) is 36.5 Å². The first-order valence-electron chi connectivity index (χ1n) is 8.37. The van der Waals surface area contributed by atoms with Crippen molar-refractivity contribution in [1.82, 2.24) is 9.88 Å². The van der Waals surface area contributed by atoms with Crippen LogP contribution in [0.3, 0.4) is 0 Å². The van der Waals surface area contributed by atoms with Crippen LogP contribution in [0.1, 0.15) is 28.9 Å². The van der Waals surface area contributed by atoms with E-state index in [4.69, 9.17) is 21.1 Å². The van der Waals surface area contributed by atoms with E-state index in [1.165, 1.54) is 0 Å². The predicted octanol–water partition coefficient (Wildman–Crippen LogP) is 2.65. The molecule has 0 fully saturated rings. The van der Waals surface area contributed by atoms with Crippen LogP contribution in [0, 0.1) is 6.92 Å². The number of ether oxygens (including phenoxy) is 2. The molecule has 1 aromatic heterocycles. The van der Waals surface area contributed by atoms with Crippen molar-refractivity contribution in [3.05, 3.63) is 52.8 Å². The maximum atomic E-state index is 11.9. The first-order chi connectivity index (χ1) is 12.9. The van der Waals surface area contributed by atoms with Gasteiger partial charge in [-0.1, -0.05) is 11.6 Å². The van der Waals surface area contributed by atoms with Crippen LogP contribution >= 0.6 is 11.6 Å². The molecule has 1 N–H and O–H groups in total. The topological polar surface area (TPSA) is 86.6 Å². The van der Waals surface area contributed by atoms with Crippen molar-refractivity contribution in [2.24, 2.45) is 7.05 Å². The number of hydrogen-bond donors (Lipinski definition) is 1. The zero-order valence-electron chi connectivity index (χ0n) is 15.2. The van der Waals surface area contributed by atoms with Crippen LogP contribution in [-0.4, -0.2) is 35.6 Å². The van der Waals surface area contributed by atoms with E-state index in [0.29, 0.717) is 29.5 Å². The average molecular weight is 393 g/mol. The lowest BCUT2D eigenvalue weighted by Gasteiger charge is -2.08. The Bertz CT molecular complexity index is 831. The molecule has 7 nitrogen and oxygen atoms in total. The Labute approximate surface area is 162 Å². The molecule has 2 amide bonds. The number of halogens is 1. The van der Waals surface area contributed by atoms with Gasteiger partial charge in [-0.3, -0.25) is 19.7 Å². The standard InChI is InChI=1S/C19H21ClN2O5/c1-13-11-14(7-8-15(13)20)26-10-4-6-18(24)27-12-17(23)21-19(25)16-5-3-9-22(16)2/h3,5,7-9,11H,4,6,10,12H2,1-2H3,(H,21,23,25). The summed E-state index contributed by atoms with van der Waals surface area (Å²) in [6.45, 7) is 1.70. The highest BCUT2D eigenvalue weighted by atomic mass is 35.5. The normalized spacial score (nSPS) is 10.3. The van der Waals surface area contributed by atoms with E-state index in [1.807, 2.05) is 13.0 Å². The highest BCUT2D eigenvalue weighted by molar-refractivity contribution is 6.31. The van der Waals surface area contributed by atoms with Gasteiger partial charge < -0.3 is 14.0 Å². The Morgan fingerprint density at radius 3 is 2.67 bits per heavy atom. The second-order valence-corrected chi connectivity index (χ2v) is 6.31. The van der Waals surface area contributed by atoms with E-state index in [9.17, 15) is 14.4 Å². The molecular weight excluding hydrogens is 372 g/mol. The van der Waals surface area contributed by atoms with Crippen LogP contribution < -0.4 is 10.1 Å². The zero-order valence-corrected chi connectivity index (χ0v) is 15.9. The van der Waals surface area contributed by atoms with Crippen LogP contribution in [0.2, 0.25) is 5.02 Å². The summed E-state index contributed by atoms with van der Waals surface area (Å²) in [5.74, 6) is -1.09. The zero-order chi connectivity index (χ0) is 19.8. The van der Waals surface area contributed by atoms with Gasteiger partial charge in [0.1, 0.15) is 11.4 Å². The molecule has 144 valence electrons. The van der Waals surface area contributed by atoms with Gasteiger partial charge in [-0.15, -0.1) is 0 Å². The molecular formula is C19H21ClN2O5. The summed E-state index contributed by atoms with van der Waals surface area (Å²) in [6, 6.07) is 8.58.